The third-order valence-corrected chi connectivity index (χ3v) is 5.69. The molecule has 2 fully saturated rings. The van der Waals surface area contributed by atoms with Crippen LogP contribution in [0.25, 0.3) is 0 Å². The van der Waals surface area contributed by atoms with Crippen LogP contribution < -0.4 is 5.32 Å². The maximum atomic E-state index is 12.3. The summed E-state index contributed by atoms with van der Waals surface area (Å²) in [6, 6.07) is 0.0133. The van der Waals surface area contributed by atoms with Crippen LogP contribution in [0.15, 0.2) is 0 Å². The summed E-state index contributed by atoms with van der Waals surface area (Å²) in [4.78, 5) is 14.2. The zero-order valence-electron chi connectivity index (χ0n) is 12.7. The minimum absolute atomic E-state index is 0. The Labute approximate surface area is 133 Å². The third-order valence-electron chi connectivity index (χ3n) is 4.28. The van der Waals surface area contributed by atoms with Crippen molar-refractivity contribution >= 4 is 28.3 Å². The molecule has 2 heterocycles. The van der Waals surface area contributed by atoms with E-state index in [-0.39, 0.29) is 30.4 Å². The molecule has 0 bridgehead atoms. The molecule has 1 N–H and O–H groups in total. The summed E-state index contributed by atoms with van der Waals surface area (Å²) in [6.07, 6.45) is 4.71. The van der Waals surface area contributed by atoms with E-state index in [1.807, 2.05) is 11.8 Å². The summed E-state index contributed by atoms with van der Waals surface area (Å²) in [7, 11) is -3.15. The molecule has 2 aliphatic rings. The van der Waals surface area contributed by atoms with E-state index in [1.54, 1.807) is 4.31 Å². The fourth-order valence-corrected chi connectivity index (χ4v) is 4.47. The van der Waals surface area contributed by atoms with Gasteiger partial charge in [-0.1, -0.05) is 6.92 Å². The van der Waals surface area contributed by atoms with Gasteiger partial charge in [-0.2, -0.15) is 4.31 Å². The first kappa shape index (κ1) is 18.7. The smallest absolute Gasteiger partial charge is 0.239 e. The summed E-state index contributed by atoms with van der Waals surface area (Å²) in [5, 5.41) is 3.23. The van der Waals surface area contributed by atoms with Crippen LogP contribution in [0.3, 0.4) is 0 Å². The lowest BCUT2D eigenvalue weighted by Crippen LogP contribution is -2.51. The van der Waals surface area contributed by atoms with Crippen molar-refractivity contribution in [1.29, 1.82) is 0 Å². The second-order valence-electron chi connectivity index (χ2n) is 5.67. The van der Waals surface area contributed by atoms with E-state index in [2.05, 4.69) is 5.32 Å². The number of piperidine rings is 1. The predicted molar refractivity (Wildman–Crippen MR) is 85.1 cm³/mol. The Hall–Kier alpha value is -0.370. The number of hydrogen-bond acceptors (Lipinski definition) is 4. The molecule has 1 unspecified atom stereocenters. The van der Waals surface area contributed by atoms with Crippen LogP contribution in [-0.4, -0.2) is 68.0 Å². The zero-order valence-corrected chi connectivity index (χ0v) is 14.4. The van der Waals surface area contributed by atoms with Gasteiger partial charge < -0.3 is 10.2 Å². The van der Waals surface area contributed by atoms with Gasteiger partial charge in [-0.25, -0.2) is 8.42 Å². The highest BCUT2D eigenvalue weighted by molar-refractivity contribution is 7.88. The number of carbonyl (C=O) groups excluding carboxylic acids is 1. The Morgan fingerprint density at radius 3 is 2.33 bits per heavy atom. The van der Waals surface area contributed by atoms with Gasteiger partial charge in [-0.05, 0) is 32.2 Å². The van der Waals surface area contributed by atoms with Crippen LogP contribution in [0.5, 0.6) is 0 Å². The Bertz CT molecular complexity index is 444. The normalized spacial score (nSPS) is 24.1. The summed E-state index contributed by atoms with van der Waals surface area (Å²) < 4.78 is 25.0. The Morgan fingerprint density at radius 1 is 1.29 bits per heavy atom. The number of nitrogens with one attached hydrogen (secondary N) is 1. The summed E-state index contributed by atoms with van der Waals surface area (Å²) in [5.74, 6) is 0.184. The maximum absolute atomic E-state index is 12.3. The number of sulfonamides is 1. The predicted octanol–water partition coefficient (Wildman–Crippen LogP) is 0.433. The number of nitrogens with zero attached hydrogens (tertiary/aromatic N) is 2. The van der Waals surface area contributed by atoms with Gasteiger partial charge in [-0.3, -0.25) is 4.79 Å². The summed E-state index contributed by atoms with van der Waals surface area (Å²) >= 11 is 0. The molecule has 0 radical (unpaired) electrons. The van der Waals surface area contributed by atoms with Crippen LogP contribution in [0.1, 0.15) is 32.6 Å². The molecule has 1 amide bonds. The zero-order chi connectivity index (χ0) is 14.8. The molecule has 0 aliphatic carbocycles. The number of rotatable bonds is 4. The highest BCUT2D eigenvalue weighted by Crippen LogP contribution is 2.20. The minimum Gasteiger partial charge on any atom is -0.341 e. The van der Waals surface area contributed by atoms with Gasteiger partial charge in [-0.15, -0.1) is 12.4 Å². The third kappa shape index (κ3) is 4.55. The monoisotopic (exact) mass is 339 g/mol. The van der Waals surface area contributed by atoms with Crippen molar-refractivity contribution in [2.24, 2.45) is 0 Å². The minimum atomic E-state index is -3.15. The molecule has 2 saturated heterocycles. The second kappa shape index (κ2) is 7.76. The number of likely N-dealkylation sites (tertiary alicyclic amines) is 1. The molecule has 8 heteroatoms. The van der Waals surface area contributed by atoms with Gasteiger partial charge in [0, 0.05) is 25.7 Å². The van der Waals surface area contributed by atoms with Crippen molar-refractivity contribution < 1.29 is 13.2 Å². The molecule has 0 aromatic rings. The molecule has 1 atom stereocenters. The van der Waals surface area contributed by atoms with Crippen LogP contribution in [0.2, 0.25) is 0 Å². The molecule has 0 aromatic heterocycles. The van der Waals surface area contributed by atoms with Crippen molar-refractivity contribution in [3.8, 4) is 0 Å². The van der Waals surface area contributed by atoms with Gasteiger partial charge in [0.1, 0.15) is 0 Å². The molecule has 0 aromatic carbocycles. The van der Waals surface area contributed by atoms with E-state index >= 15 is 0 Å². The fraction of sp³-hybridized carbons (Fsp3) is 0.923. The van der Waals surface area contributed by atoms with E-state index in [0.717, 1.165) is 32.2 Å². The molecule has 0 saturated carbocycles. The van der Waals surface area contributed by atoms with Gasteiger partial charge in [0.15, 0.2) is 0 Å². The molecule has 6 nitrogen and oxygen atoms in total. The highest BCUT2D eigenvalue weighted by Gasteiger charge is 2.33. The Kier molecular flexibility index (Phi) is 6.90. The maximum Gasteiger partial charge on any atom is 0.239 e. The quantitative estimate of drug-likeness (QED) is 0.806. The summed E-state index contributed by atoms with van der Waals surface area (Å²) in [5.41, 5.74) is 0. The van der Waals surface area contributed by atoms with Crippen LogP contribution in [0.4, 0.5) is 0 Å². The van der Waals surface area contributed by atoms with Crippen molar-refractivity contribution in [2.75, 3.05) is 32.4 Å². The Morgan fingerprint density at radius 2 is 1.90 bits per heavy atom. The first-order chi connectivity index (χ1) is 9.43. The van der Waals surface area contributed by atoms with E-state index in [9.17, 15) is 13.2 Å². The van der Waals surface area contributed by atoms with E-state index < -0.39 is 10.0 Å². The van der Waals surface area contributed by atoms with Gasteiger partial charge in [0.2, 0.25) is 15.9 Å². The van der Waals surface area contributed by atoms with E-state index in [0.29, 0.717) is 19.6 Å². The average Bonchev–Trinajstić information content (AvgIpc) is 2.92. The lowest BCUT2D eigenvalue weighted by atomic mass is 10.0. The molecule has 21 heavy (non-hydrogen) atoms. The number of amides is 1. The SMILES string of the molecule is CCN(C1CCN(C(=O)C2CCCN2)CC1)S(C)(=O)=O.Cl. The van der Waals surface area contributed by atoms with Crippen LogP contribution >= 0.6 is 12.4 Å². The van der Waals surface area contributed by atoms with Crippen molar-refractivity contribution in [3.05, 3.63) is 0 Å². The molecule has 124 valence electrons. The largest absolute Gasteiger partial charge is 0.341 e. The standard InChI is InChI=1S/C13H25N3O3S.ClH/c1-3-16(20(2,18)19)11-6-9-15(10-7-11)13(17)12-5-4-8-14-12;/h11-12,14H,3-10H2,1-2H3;1H. The molecular formula is C13H26ClN3O3S. The molecule has 2 aliphatic heterocycles. The van der Waals surface area contributed by atoms with Crippen molar-refractivity contribution in [1.82, 2.24) is 14.5 Å². The van der Waals surface area contributed by atoms with Gasteiger partial charge >= 0.3 is 0 Å². The Balaban J connectivity index is 0.00000220. The highest BCUT2D eigenvalue weighted by atomic mass is 35.5. The van der Waals surface area contributed by atoms with E-state index in [1.165, 1.54) is 6.26 Å². The van der Waals surface area contributed by atoms with Crippen LogP contribution in [0, 0.1) is 0 Å². The number of halogens is 1. The number of carbonyl (C=O) groups is 1. The number of hydrogen-bond donors (Lipinski definition) is 1. The van der Waals surface area contributed by atoms with Crippen molar-refractivity contribution in [3.63, 3.8) is 0 Å². The lowest BCUT2D eigenvalue weighted by molar-refractivity contribution is -0.134. The van der Waals surface area contributed by atoms with Crippen molar-refractivity contribution in [2.45, 2.75) is 44.7 Å². The lowest BCUT2D eigenvalue weighted by Gasteiger charge is -2.37. The molecule has 2 rings (SSSR count). The first-order valence-electron chi connectivity index (χ1n) is 7.42. The fourth-order valence-electron chi connectivity index (χ4n) is 3.25. The van der Waals surface area contributed by atoms with Gasteiger partial charge in [0.05, 0.1) is 12.3 Å². The second-order valence-corrected chi connectivity index (χ2v) is 7.61. The topological polar surface area (TPSA) is 69.7 Å². The summed E-state index contributed by atoms with van der Waals surface area (Å²) in [6.45, 7) is 4.61. The molecular weight excluding hydrogens is 314 g/mol. The molecule has 0 spiro atoms. The van der Waals surface area contributed by atoms with Crippen LogP contribution in [-0.2, 0) is 14.8 Å². The first-order valence-corrected chi connectivity index (χ1v) is 9.27. The average molecular weight is 340 g/mol. The van der Waals surface area contributed by atoms with E-state index in [4.69, 9.17) is 0 Å². The van der Waals surface area contributed by atoms with Gasteiger partial charge in [0.25, 0.3) is 0 Å².